The number of hydrogen-bond donors (Lipinski definition) is 1. The molecule has 2 aromatic rings. The van der Waals surface area contributed by atoms with E-state index in [4.69, 9.17) is 0 Å². The summed E-state index contributed by atoms with van der Waals surface area (Å²) in [6.07, 6.45) is 2.58. The molecule has 0 radical (unpaired) electrons. The zero-order valence-corrected chi connectivity index (χ0v) is 19.8. The summed E-state index contributed by atoms with van der Waals surface area (Å²) < 4.78 is 0. The summed E-state index contributed by atoms with van der Waals surface area (Å²) in [5.74, 6) is 0.465. The molecule has 1 saturated heterocycles. The zero-order valence-electron chi connectivity index (χ0n) is 18.2. The number of piperidine rings is 1. The van der Waals surface area contributed by atoms with Crippen molar-refractivity contribution in [2.45, 2.75) is 59.8 Å². The molecule has 1 N–H and O–H groups in total. The van der Waals surface area contributed by atoms with E-state index in [2.05, 4.69) is 48.2 Å². The first-order valence-corrected chi connectivity index (χ1v) is 12.2. The molecule has 1 aliphatic heterocycles. The van der Waals surface area contributed by atoms with Crippen LogP contribution in [0.2, 0.25) is 0 Å². The van der Waals surface area contributed by atoms with Gasteiger partial charge in [-0.2, -0.15) is 0 Å². The van der Waals surface area contributed by atoms with Gasteiger partial charge in [0.05, 0.1) is 5.01 Å². The molecule has 1 saturated carbocycles. The summed E-state index contributed by atoms with van der Waals surface area (Å²) >= 11 is 2.91. The van der Waals surface area contributed by atoms with Crippen LogP contribution in [0.4, 0.5) is 5.13 Å². The quantitative estimate of drug-likeness (QED) is 0.742. The van der Waals surface area contributed by atoms with E-state index >= 15 is 0 Å². The highest BCUT2D eigenvalue weighted by molar-refractivity contribution is 7.15. The lowest BCUT2D eigenvalue weighted by Gasteiger charge is -2.31. The number of hydrogen-bond acceptors (Lipinski definition) is 7. The predicted octanol–water partition coefficient (Wildman–Crippen LogP) is 4.20. The minimum atomic E-state index is -0.248. The third-order valence-electron chi connectivity index (χ3n) is 7.17. The van der Waals surface area contributed by atoms with Gasteiger partial charge < -0.3 is 4.90 Å². The molecule has 2 fully saturated rings. The predicted molar refractivity (Wildman–Crippen MR) is 119 cm³/mol. The molecule has 2 aliphatic rings. The normalized spacial score (nSPS) is 20.9. The second kappa shape index (κ2) is 7.67. The number of nitrogens with one attached hydrogen (secondary N) is 1. The SMILES string of the molecule is CCc1nnc(NC(=O)c2csc(C3CCN(C(=O)C4C(C)(C)C4(C)C)CC3)n2)s1. The number of carbonyl (C=O) groups excluding carboxylic acids is 2. The number of rotatable bonds is 5. The number of nitrogens with zero attached hydrogens (tertiary/aromatic N) is 4. The van der Waals surface area contributed by atoms with Gasteiger partial charge in [0.1, 0.15) is 10.7 Å². The van der Waals surface area contributed by atoms with Crippen LogP contribution in [-0.2, 0) is 11.2 Å². The number of carbonyl (C=O) groups is 2. The van der Waals surface area contributed by atoms with Gasteiger partial charge in [0, 0.05) is 30.3 Å². The molecular formula is C21H29N5O2S2. The Morgan fingerprint density at radius 2 is 1.83 bits per heavy atom. The van der Waals surface area contributed by atoms with Gasteiger partial charge in [-0.05, 0) is 30.1 Å². The molecule has 0 aromatic carbocycles. The van der Waals surface area contributed by atoms with Gasteiger partial charge in [-0.1, -0.05) is 46.0 Å². The first kappa shape index (κ1) is 21.4. The van der Waals surface area contributed by atoms with Crippen molar-refractivity contribution >= 4 is 39.6 Å². The summed E-state index contributed by atoms with van der Waals surface area (Å²) in [5.41, 5.74) is 0.565. The van der Waals surface area contributed by atoms with E-state index in [0.29, 0.717) is 22.7 Å². The van der Waals surface area contributed by atoms with Gasteiger partial charge in [-0.3, -0.25) is 14.9 Å². The zero-order chi connectivity index (χ0) is 21.7. The largest absolute Gasteiger partial charge is 0.342 e. The Balaban J connectivity index is 1.33. The van der Waals surface area contributed by atoms with E-state index in [1.54, 1.807) is 5.38 Å². The number of thiazole rings is 1. The van der Waals surface area contributed by atoms with Crippen molar-refractivity contribution in [3.63, 3.8) is 0 Å². The van der Waals surface area contributed by atoms with Gasteiger partial charge in [-0.15, -0.1) is 21.5 Å². The maximum atomic E-state index is 13.0. The van der Waals surface area contributed by atoms with E-state index < -0.39 is 0 Å². The number of aryl methyl sites for hydroxylation is 1. The van der Waals surface area contributed by atoms with Crippen LogP contribution in [0, 0.1) is 16.7 Å². The van der Waals surface area contributed by atoms with Crippen molar-refractivity contribution in [1.29, 1.82) is 0 Å². The summed E-state index contributed by atoms with van der Waals surface area (Å²) in [6.45, 7) is 12.3. The minimum absolute atomic E-state index is 0.0728. The minimum Gasteiger partial charge on any atom is -0.342 e. The van der Waals surface area contributed by atoms with Crippen molar-refractivity contribution in [2.24, 2.45) is 16.7 Å². The van der Waals surface area contributed by atoms with Crippen molar-refractivity contribution in [3.8, 4) is 0 Å². The van der Waals surface area contributed by atoms with Crippen LogP contribution in [0.25, 0.3) is 0 Å². The van der Waals surface area contributed by atoms with Crippen LogP contribution in [0.3, 0.4) is 0 Å². The van der Waals surface area contributed by atoms with Gasteiger partial charge in [0.25, 0.3) is 5.91 Å². The summed E-state index contributed by atoms with van der Waals surface area (Å²) in [5, 5.41) is 15.0. The van der Waals surface area contributed by atoms with Crippen LogP contribution in [-0.4, -0.2) is 45.0 Å². The Labute approximate surface area is 185 Å². The summed E-state index contributed by atoms with van der Waals surface area (Å²) in [7, 11) is 0. The van der Waals surface area contributed by atoms with Crippen LogP contribution < -0.4 is 5.32 Å². The Bertz CT molecular complexity index is 942. The van der Waals surface area contributed by atoms with E-state index in [-0.39, 0.29) is 22.7 Å². The third kappa shape index (κ3) is 3.66. The number of anilines is 1. The van der Waals surface area contributed by atoms with E-state index in [9.17, 15) is 9.59 Å². The molecule has 162 valence electrons. The molecular weight excluding hydrogens is 418 g/mol. The van der Waals surface area contributed by atoms with Gasteiger partial charge >= 0.3 is 0 Å². The van der Waals surface area contributed by atoms with E-state index in [1.165, 1.54) is 22.7 Å². The number of amides is 2. The molecule has 1 aliphatic carbocycles. The van der Waals surface area contributed by atoms with Gasteiger partial charge in [0.15, 0.2) is 0 Å². The Morgan fingerprint density at radius 1 is 1.17 bits per heavy atom. The highest BCUT2D eigenvalue weighted by Crippen LogP contribution is 2.68. The molecule has 4 rings (SSSR count). The van der Waals surface area contributed by atoms with Gasteiger partial charge in [-0.25, -0.2) is 4.98 Å². The average molecular weight is 448 g/mol. The third-order valence-corrected chi connectivity index (χ3v) is 9.16. The highest BCUT2D eigenvalue weighted by Gasteiger charge is 2.68. The molecule has 0 atom stereocenters. The molecule has 2 aromatic heterocycles. The fourth-order valence-electron chi connectivity index (χ4n) is 4.53. The van der Waals surface area contributed by atoms with Crippen LogP contribution in [0.1, 0.15) is 73.9 Å². The van der Waals surface area contributed by atoms with E-state index in [1.807, 2.05) is 11.8 Å². The molecule has 0 spiro atoms. The fraction of sp³-hybridized carbons (Fsp3) is 0.667. The molecule has 0 bridgehead atoms. The van der Waals surface area contributed by atoms with Crippen molar-refractivity contribution in [2.75, 3.05) is 18.4 Å². The van der Waals surface area contributed by atoms with Crippen molar-refractivity contribution in [1.82, 2.24) is 20.1 Å². The molecule has 7 nitrogen and oxygen atoms in total. The van der Waals surface area contributed by atoms with Crippen molar-refractivity contribution < 1.29 is 9.59 Å². The highest BCUT2D eigenvalue weighted by atomic mass is 32.1. The number of likely N-dealkylation sites (tertiary alicyclic amines) is 1. The number of aromatic nitrogens is 3. The second-order valence-electron chi connectivity index (χ2n) is 9.36. The monoisotopic (exact) mass is 447 g/mol. The molecule has 2 amide bonds. The lowest BCUT2D eigenvalue weighted by Crippen LogP contribution is -2.39. The van der Waals surface area contributed by atoms with Crippen LogP contribution in [0.5, 0.6) is 0 Å². The molecule has 0 unspecified atom stereocenters. The maximum Gasteiger partial charge on any atom is 0.276 e. The van der Waals surface area contributed by atoms with Crippen LogP contribution >= 0.6 is 22.7 Å². The van der Waals surface area contributed by atoms with Crippen LogP contribution in [0.15, 0.2) is 5.38 Å². The summed E-state index contributed by atoms with van der Waals surface area (Å²) in [4.78, 5) is 32.1. The van der Waals surface area contributed by atoms with E-state index in [0.717, 1.165) is 42.4 Å². The standard InChI is InChI=1S/C21H29N5O2S2/c1-6-14-24-25-19(30-14)23-16(27)13-11-29-17(22-13)12-7-9-26(10-8-12)18(28)15-20(2,3)21(15,4)5/h11-12,15H,6-10H2,1-5H3,(H,23,25,27). The first-order valence-electron chi connectivity index (χ1n) is 10.5. The topological polar surface area (TPSA) is 88.1 Å². The first-order chi connectivity index (χ1) is 14.1. The lowest BCUT2D eigenvalue weighted by molar-refractivity contribution is -0.134. The molecule has 3 heterocycles. The lowest BCUT2D eigenvalue weighted by atomic mass is 9.96. The second-order valence-corrected chi connectivity index (χ2v) is 11.3. The summed E-state index contributed by atoms with van der Waals surface area (Å²) in [6, 6.07) is 0. The average Bonchev–Trinajstić information content (AvgIpc) is 3.20. The van der Waals surface area contributed by atoms with Gasteiger partial charge in [0.2, 0.25) is 11.0 Å². The maximum absolute atomic E-state index is 13.0. The smallest absolute Gasteiger partial charge is 0.276 e. The Kier molecular flexibility index (Phi) is 5.47. The molecule has 9 heteroatoms. The molecule has 30 heavy (non-hydrogen) atoms. The Hall–Kier alpha value is -1.87. The fourth-order valence-corrected chi connectivity index (χ4v) is 6.18. The van der Waals surface area contributed by atoms with Crippen molar-refractivity contribution in [3.05, 3.63) is 21.1 Å². The Morgan fingerprint density at radius 3 is 2.40 bits per heavy atom.